The molecule has 112 valence electrons. The van der Waals surface area contributed by atoms with Gasteiger partial charge in [-0.25, -0.2) is 9.97 Å². The largest absolute Gasteiger partial charge is 0.316 e. The predicted octanol–water partition coefficient (Wildman–Crippen LogP) is 3.00. The third-order valence-electron chi connectivity index (χ3n) is 4.59. The Labute approximate surface area is 129 Å². The molecule has 2 aromatic rings. The minimum Gasteiger partial charge on any atom is -0.316 e. The third-order valence-corrected chi connectivity index (χ3v) is 5.94. The molecule has 0 aromatic carbocycles. The SMILES string of the molecule is c1cnc2c(c1)nc(CC1CCCNC1)n2C1CCCS1. The number of rotatable bonds is 3. The molecular weight excluding hydrogens is 280 g/mol. The van der Waals surface area contributed by atoms with Gasteiger partial charge in [-0.3, -0.25) is 4.57 Å². The second-order valence-corrected chi connectivity index (χ2v) is 7.41. The van der Waals surface area contributed by atoms with Gasteiger partial charge in [0.1, 0.15) is 11.3 Å². The van der Waals surface area contributed by atoms with Gasteiger partial charge in [0.25, 0.3) is 0 Å². The number of nitrogens with one attached hydrogen (secondary N) is 1. The number of nitrogens with zero attached hydrogens (tertiary/aromatic N) is 3. The molecule has 2 aliphatic rings. The lowest BCUT2D eigenvalue weighted by Gasteiger charge is -2.23. The summed E-state index contributed by atoms with van der Waals surface area (Å²) in [6.07, 6.45) is 8.16. The molecule has 2 aliphatic heterocycles. The van der Waals surface area contributed by atoms with Crippen molar-refractivity contribution in [3.63, 3.8) is 0 Å². The highest BCUT2D eigenvalue weighted by Crippen LogP contribution is 2.38. The molecule has 0 spiro atoms. The maximum absolute atomic E-state index is 4.91. The third kappa shape index (κ3) is 2.69. The molecule has 2 unspecified atom stereocenters. The Morgan fingerprint density at radius 1 is 1.33 bits per heavy atom. The number of piperidine rings is 1. The van der Waals surface area contributed by atoms with E-state index in [1.807, 2.05) is 12.3 Å². The van der Waals surface area contributed by atoms with Crippen molar-refractivity contribution in [3.05, 3.63) is 24.2 Å². The maximum atomic E-state index is 4.91. The summed E-state index contributed by atoms with van der Waals surface area (Å²) in [5.41, 5.74) is 2.14. The van der Waals surface area contributed by atoms with Crippen molar-refractivity contribution in [3.8, 4) is 0 Å². The van der Waals surface area contributed by atoms with Crippen molar-refractivity contribution < 1.29 is 0 Å². The van der Waals surface area contributed by atoms with Gasteiger partial charge in [-0.1, -0.05) is 0 Å². The summed E-state index contributed by atoms with van der Waals surface area (Å²) in [6.45, 7) is 2.31. The van der Waals surface area contributed by atoms with Crippen LogP contribution in [-0.4, -0.2) is 33.4 Å². The Kier molecular flexibility index (Phi) is 3.86. The van der Waals surface area contributed by atoms with Crippen molar-refractivity contribution in [2.75, 3.05) is 18.8 Å². The zero-order chi connectivity index (χ0) is 14.1. The number of pyridine rings is 1. The molecule has 0 saturated carbocycles. The molecule has 0 radical (unpaired) electrons. The summed E-state index contributed by atoms with van der Waals surface area (Å²) in [7, 11) is 0. The topological polar surface area (TPSA) is 42.7 Å². The fourth-order valence-electron chi connectivity index (χ4n) is 3.54. The molecule has 21 heavy (non-hydrogen) atoms. The van der Waals surface area contributed by atoms with Gasteiger partial charge in [0, 0.05) is 12.6 Å². The monoisotopic (exact) mass is 302 g/mol. The molecule has 0 aliphatic carbocycles. The molecule has 4 heterocycles. The van der Waals surface area contributed by atoms with Gasteiger partial charge in [0.2, 0.25) is 0 Å². The fraction of sp³-hybridized carbons (Fsp3) is 0.625. The van der Waals surface area contributed by atoms with Gasteiger partial charge in [-0.05, 0) is 62.6 Å². The lowest BCUT2D eigenvalue weighted by Crippen LogP contribution is -2.31. The van der Waals surface area contributed by atoms with E-state index in [1.54, 1.807) is 0 Å². The van der Waals surface area contributed by atoms with E-state index in [0.717, 1.165) is 30.0 Å². The van der Waals surface area contributed by atoms with Gasteiger partial charge < -0.3 is 5.32 Å². The first kappa shape index (κ1) is 13.6. The fourth-order valence-corrected chi connectivity index (χ4v) is 4.85. The normalized spacial score (nSPS) is 26.5. The molecule has 2 fully saturated rings. The molecule has 4 nitrogen and oxygen atoms in total. The first-order valence-electron chi connectivity index (χ1n) is 8.06. The van der Waals surface area contributed by atoms with Crippen LogP contribution in [0.25, 0.3) is 11.2 Å². The first-order chi connectivity index (χ1) is 10.4. The number of thioether (sulfide) groups is 1. The van der Waals surface area contributed by atoms with Crippen molar-refractivity contribution >= 4 is 22.9 Å². The standard InChI is InChI=1S/C16H22N4S/c1-4-12(11-17-7-1)10-14-19-13-5-2-8-18-16(13)20(14)15-6-3-9-21-15/h2,5,8,12,15,17H,1,3-4,6-7,9-11H2. The average molecular weight is 302 g/mol. The van der Waals surface area contributed by atoms with Crippen LogP contribution in [0.3, 0.4) is 0 Å². The van der Waals surface area contributed by atoms with Crippen LogP contribution in [0.1, 0.15) is 36.9 Å². The Bertz CT molecular complexity index is 612. The Balaban J connectivity index is 1.70. The van der Waals surface area contributed by atoms with E-state index >= 15 is 0 Å². The molecule has 5 heteroatoms. The minimum absolute atomic E-state index is 0.538. The molecule has 1 N–H and O–H groups in total. The van der Waals surface area contributed by atoms with E-state index in [-0.39, 0.29) is 0 Å². The van der Waals surface area contributed by atoms with Crippen LogP contribution < -0.4 is 5.32 Å². The van der Waals surface area contributed by atoms with E-state index in [4.69, 9.17) is 4.98 Å². The lowest BCUT2D eigenvalue weighted by molar-refractivity contribution is 0.366. The highest BCUT2D eigenvalue weighted by Gasteiger charge is 2.25. The number of aromatic nitrogens is 3. The number of hydrogen-bond donors (Lipinski definition) is 1. The molecular formula is C16H22N4S. The summed E-state index contributed by atoms with van der Waals surface area (Å²) >= 11 is 2.06. The summed E-state index contributed by atoms with van der Waals surface area (Å²) in [5.74, 6) is 3.24. The highest BCUT2D eigenvalue weighted by molar-refractivity contribution is 7.99. The van der Waals surface area contributed by atoms with Gasteiger partial charge in [-0.15, -0.1) is 11.8 Å². The Morgan fingerprint density at radius 3 is 3.14 bits per heavy atom. The average Bonchev–Trinajstić information content (AvgIpc) is 3.14. The Morgan fingerprint density at radius 2 is 2.33 bits per heavy atom. The van der Waals surface area contributed by atoms with Crippen LogP contribution in [-0.2, 0) is 6.42 Å². The zero-order valence-electron chi connectivity index (χ0n) is 12.3. The minimum atomic E-state index is 0.538. The van der Waals surface area contributed by atoms with Crippen molar-refractivity contribution in [1.82, 2.24) is 19.9 Å². The van der Waals surface area contributed by atoms with Crippen LogP contribution in [0.4, 0.5) is 0 Å². The smallest absolute Gasteiger partial charge is 0.160 e. The van der Waals surface area contributed by atoms with E-state index in [1.165, 1.54) is 43.8 Å². The summed E-state index contributed by atoms with van der Waals surface area (Å²) < 4.78 is 2.43. The van der Waals surface area contributed by atoms with Crippen molar-refractivity contribution in [2.24, 2.45) is 5.92 Å². The molecule has 2 aromatic heterocycles. The van der Waals surface area contributed by atoms with Crippen LogP contribution in [0.2, 0.25) is 0 Å². The first-order valence-corrected chi connectivity index (χ1v) is 9.11. The zero-order valence-corrected chi connectivity index (χ0v) is 13.1. The van der Waals surface area contributed by atoms with Gasteiger partial charge >= 0.3 is 0 Å². The quantitative estimate of drug-likeness (QED) is 0.946. The summed E-state index contributed by atoms with van der Waals surface area (Å²) in [4.78, 5) is 9.52. The maximum Gasteiger partial charge on any atom is 0.160 e. The van der Waals surface area contributed by atoms with Gasteiger partial charge in [0.05, 0.1) is 5.37 Å². The van der Waals surface area contributed by atoms with E-state index < -0.39 is 0 Å². The second-order valence-electron chi connectivity index (χ2n) is 6.13. The van der Waals surface area contributed by atoms with E-state index in [9.17, 15) is 0 Å². The highest BCUT2D eigenvalue weighted by atomic mass is 32.2. The van der Waals surface area contributed by atoms with Crippen molar-refractivity contribution in [1.29, 1.82) is 0 Å². The van der Waals surface area contributed by atoms with Crippen LogP contribution in [0.15, 0.2) is 18.3 Å². The second kappa shape index (κ2) is 5.97. The number of hydrogen-bond acceptors (Lipinski definition) is 4. The molecule has 4 rings (SSSR count). The van der Waals surface area contributed by atoms with Gasteiger partial charge in [-0.2, -0.15) is 0 Å². The van der Waals surface area contributed by atoms with E-state index in [2.05, 4.69) is 32.7 Å². The molecule has 0 amide bonds. The van der Waals surface area contributed by atoms with Crippen molar-refractivity contribution in [2.45, 2.75) is 37.5 Å². The summed E-state index contributed by atoms with van der Waals surface area (Å²) in [6, 6.07) is 4.09. The molecule has 2 atom stereocenters. The lowest BCUT2D eigenvalue weighted by atomic mass is 9.96. The number of imidazole rings is 1. The molecule has 0 bridgehead atoms. The van der Waals surface area contributed by atoms with Crippen LogP contribution in [0, 0.1) is 5.92 Å². The summed E-state index contributed by atoms with van der Waals surface area (Å²) in [5, 5.41) is 4.06. The predicted molar refractivity (Wildman–Crippen MR) is 87.6 cm³/mol. The molecule has 2 saturated heterocycles. The number of fused-ring (bicyclic) bond motifs is 1. The van der Waals surface area contributed by atoms with Gasteiger partial charge in [0.15, 0.2) is 5.65 Å². The van der Waals surface area contributed by atoms with E-state index in [0.29, 0.717) is 5.37 Å². The van der Waals surface area contributed by atoms with Crippen LogP contribution in [0.5, 0.6) is 0 Å². The van der Waals surface area contributed by atoms with Crippen LogP contribution >= 0.6 is 11.8 Å². The Hall–Kier alpha value is -1.07.